The first-order chi connectivity index (χ1) is 12.0. The second-order valence-corrected chi connectivity index (χ2v) is 7.14. The van der Waals surface area contributed by atoms with E-state index >= 15 is 0 Å². The molecule has 128 valence electrons. The first-order valence-electron chi connectivity index (χ1n) is 8.29. The fourth-order valence-electron chi connectivity index (χ4n) is 2.69. The lowest BCUT2D eigenvalue weighted by molar-refractivity contribution is -0.115. The summed E-state index contributed by atoms with van der Waals surface area (Å²) >= 11 is 1.51. The normalized spacial score (nSPS) is 10.9. The van der Waals surface area contributed by atoms with Gasteiger partial charge in [0.1, 0.15) is 5.01 Å². The van der Waals surface area contributed by atoms with Crippen LogP contribution < -0.4 is 5.32 Å². The predicted molar refractivity (Wildman–Crippen MR) is 103 cm³/mol. The number of thiazole rings is 1. The maximum atomic E-state index is 12.5. The Morgan fingerprint density at radius 2 is 2.04 bits per heavy atom. The average Bonchev–Trinajstić information content (AvgIpc) is 3.05. The molecule has 25 heavy (non-hydrogen) atoms. The number of nitrogens with zero attached hydrogens (tertiary/aromatic N) is 2. The second kappa shape index (κ2) is 7.57. The van der Waals surface area contributed by atoms with E-state index in [-0.39, 0.29) is 12.3 Å². The summed E-state index contributed by atoms with van der Waals surface area (Å²) in [5, 5.41) is 5.82. The number of pyridine rings is 1. The van der Waals surface area contributed by atoms with Crippen molar-refractivity contribution in [3.63, 3.8) is 0 Å². The van der Waals surface area contributed by atoms with Gasteiger partial charge in [-0.3, -0.25) is 9.78 Å². The standard InChI is InChI=1S/C20H21N3OS/c1-13(2)16-8-6-7-14(3)19(16)23-18(24)11-15-12-25-20(22-15)17-9-4-5-10-21-17/h4-10,12-13H,11H2,1-3H3,(H,23,24). The Bertz CT molecular complexity index is 872. The molecule has 4 nitrogen and oxygen atoms in total. The van der Waals surface area contributed by atoms with Crippen molar-refractivity contribution in [1.82, 2.24) is 9.97 Å². The summed E-state index contributed by atoms with van der Waals surface area (Å²) in [6.07, 6.45) is 2.00. The minimum absolute atomic E-state index is 0.0472. The molecule has 2 heterocycles. The van der Waals surface area contributed by atoms with Crippen LogP contribution in [0.5, 0.6) is 0 Å². The Hall–Kier alpha value is -2.53. The molecule has 5 heteroatoms. The molecular weight excluding hydrogens is 330 g/mol. The SMILES string of the molecule is Cc1cccc(C(C)C)c1NC(=O)Cc1csc(-c2ccccn2)n1. The second-order valence-electron chi connectivity index (χ2n) is 6.28. The number of nitrogens with one attached hydrogen (secondary N) is 1. The van der Waals surface area contributed by atoms with Gasteiger partial charge in [0.25, 0.3) is 0 Å². The Balaban J connectivity index is 1.73. The van der Waals surface area contributed by atoms with E-state index in [9.17, 15) is 4.79 Å². The van der Waals surface area contributed by atoms with Gasteiger partial charge in [0, 0.05) is 17.3 Å². The Morgan fingerprint density at radius 3 is 2.76 bits per heavy atom. The average molecular weight is 351 g/mol. The molecule has 0 spiro atoms. The molecule has 3 rings (SSSR count). The van der Waals surface area contributed by atoms with E-state index in [2.05, 4.69) is 35.2 Å². The van der Waals surface area contributed by atoms with Crippen LogP contribution in [-0.4, -0.2) is 15.9 Å². The molecule has 2 aromatic heterocycles. The van der Waals surface area contributed by atoms with Gasteiger partial charge in [-0.25, -0.2) is 4.98 Å². The number of aromatic nitrogens is 2. The number of hydrogen-bond donors (Lipinski definition) is 1. The quantitative estimate of drug-likeness (QED) is 0.717. The molecule has 0 saturated carbocycles. The first-order valence-corrected chi connectivity index (χ1v) is 9.17. The van der Waals surface area contributed by atoms with Gasteiger partial charge >= 0.3 is 0 Å². The highest BCUT2D eigenvalue weighted by atomic mass is 32.1. The van der Waals surface area contributed by atoms with Gasteiger partial charge in [0.15, 0.2) is 0 Å². The topological polar surface area (TPSA) is 54.9 Å². The maximum absolute atomic E-state index is 12.5. The van der Waals surface area contributed by atoms with Crippen LogP contribution >= 0.6 is 11.3 Å². The summed E-state index contributed by atoms with van der Waals surface area (Å²) in [6, 6.07) is 11.8. The number of para-hydroxylation sites is 1. The van der Waals surface area contributed by atoms with Gasteiger partial charge < -0.3 is 5.32 Å². The van der Waals surface area contributed by atoms with Crippen molar-refractivity contribution in [1.29, 1.82) is 0 Å². The number of aryl methyl sites for hydroxylation is 1. The lowest BCUT2D eigenvalue weighted by atomic mass is 9.98. The largest absolute Gasteiger partial charge is 0.325 e. The van der Waals surface area contributed by atoms with E-state index in [1.165, 1.54) is 11.3 Å². The molecule has 1 N–H and O–H groups in total. The fourth-order valence-corrected chi connectivity index (χ4v) is 3.48. The molecule has 0 aliphatic heterocycles. The van der Waals surface area contributed by atoms with Gasteiger partial charge in [0.2, 0.25) is 5.91 Å². The van der Waals surface area contributed by atoms with Crippen molar-refractivity contribution in [2.24, 2.45) is 0 Å². The molecule has 0 fully saturated rings. The van der Waals surface area contributed by atoms with Crippen molar-refractivity contribution >= 4 is 22.9 Å². The van der Waals surface area contributed by atoms with Crippen molar-refractivity contribution in [2.45, 2.75) is 33.1 Å². The van der Waals surface area contributed by atoms with E-state index in [0.717, 1.165) is 33.2 Å². The molecule has 0 aliphatic rings. The molecular formula is C20H21N3OS. The Labute approximate surface area is 152 Å². The summed E-state index contributed by atoms with van der Waals surface area (Å²) in [4.78, 5) is 21.3. The van der Waals surface area contributed by atoms with Crippen LogP contribution in [0.2, 0.25) is 0 Å². The number of carbonyl (C=O) groups excluding carboxylic acids is 1. The van der Waals surface area contributed by atoms with Gasteiger partial charge in [-0.1, -0.05) is 38.1 Å². The van der Waals surface area contributed by atoms with Crippen molar-refractivity contribution in [3.05, 3.63) is 64.8 Å². The number of anilines is 1. The lowest BCUT2D eigenvalue weighted by Crippen LogP contribution is -2.17. The first kappa shape index (κ1) is 17.3. The van der Waals surface area contributed by atoms with E-state index in [1.54, 1.807) is 6.20 Å². The minimum atomic E-state index is -0.0472. The van der Waals surface area contributed by atoms with E-state index in [4.69, 9.17) is 0 Å². The summed E-state index contributed by atoms with van der Waals surface area (Å²) in [6.45, 7) is 6.28. The van der Waals surface area contributed by atoms with Crippen LogP contribution in [0.1, 0.15) is 36.6 Å². The van der Waals surface area contributed by atoms with Crippen LogP contribution in [0, 0.1) is 6.92 Å². The molecule has 0 bridgehead atoms. The summed E-state index contributed by atoms with van der Waals surface area (Å²) in [7, 11) is 0. The molecule has 0 atom stereocenters. The third-order valence-electron chi connectivity index (χ3n) is 3.97. The van der Waals surface area contributed by atoms with Crippen LogP contribution in [0.4, 0.5) is 5.69 Å². The maximum Gasteiger partial charge on any atom is 0.230 e. The lowest BCUT2D eigenvalue weighted by Gasteiger charge is -2.16. The molecule has 0 unspecified atom stereocenters. The summed E-state index contributed by atoms with van der Waals surface area (Å²) in [5.41, 5.74) is 4.75. The molecule has 0 saturated heterocycles. The number of benzene rings is 1. The van der Waals surface area contributed by atoms with E-state index < -0.39 is 0 Å². The Morgan fingerprint density at radius 1 is 1.20 bits per heavy atom. The van der Waals surface area contributed by atoms with Gasteiger partial charge in [-0.2, -0.15) is 0 Å². The van der Waals surface area contributed by atoms with Gasteiger partial charge in [-0.15, -0.1) is 11.3 Å². The van der Waals surface area contributed by atoms with Gasteiger partial charge in [-0.05, 0) is 36.1 Å². The zero-order valence-electron chi connectivity index (χ0n) is 14.6. The number of hydrogen-bond acceptors (Lipinski definition) is 4. The molecule has 1 amide bonds. The van der Waals surface area contributed by atoms with Crippen molar-refractivity contribution < 1.29 is 4.79 Å². The minimum Gasteiger partial charge on any atom is -0.325 e. The number of rotatable bonds is 5. The molecule has 3 aromatic rings. The molecule has 0 aliphatic carbocycles. The van der Waals surface area contributed by atoms with Crippen LogP contribution in [0.15, 0.2) is 48.0 Å². The monoisotopic (exact) mass is 351 g/mol. The van der Waals surface area contributed by atoms with Crippen molar-refractivity contribution in [3.8, 4) is 10.7 Å². The highest BCUT2D eigenvalue weighted by Gasteiger charge is 2.14. The predicted octanol–water partition coefficient (Wildman–Crippen LogP) is 4.82. The van der Waals surface area contributed by atoms with Crippen LogP contribution in [0.25, 0.3) is 10.7 Å². The zero-order valence-corrected chi connectivity index (χ0v) is 15.4. The van der Waals surface area contributed by atoms with Crippen molar-refractivity contribution in [2.75, 3.05) is 5.32 Å². The third-order valence-corrected chi connectivity index (χ3v) is 4.88. The summed E-state index contributed by atoms with van der Waals surface area (Å²) < 4.78 is 0. The molecule has 0 radical (unpaired) electrons. The highest BCUT2D eigenvalue weighted by Crippen LogP contribution is 2.28. The van der Waals surface area contributed by atoms with Crippen LogP contribution in [0.3, 0.4) is 0 Å². The highest BCUT2D eigenvalue weighted by molar-refractivity contribution is 7.13. The number of carbonyl (C=O) groups is 1. The number of amides is 1. The third kappa shape index (κ3) is 4.12. The van der Waals surface area contributed by atoms with Crippen LogP contribution in [-0.2, 0) is 11.2 Å². The Kier molecular flexibility index (Phi) is 5.24. The zero-order chi connectivity index (χ0) is 17.8. The van der Waals surface area contributed by atoms with Gasteiger partial charge in [0.05, 0.1) is 17.8 Å². The van der Waals surface area contributed by atoms with E-state index in [0.29, 0.717) is 5.92 Å². The smallest absolute Gasteiger partial charge is 0.230 e. The van der Waals surface area contributed by atoms with E-state index in [1.807, 2.05) is 42.6 Å². The summed E-state index contributed by atoms with van der Waals surface area (Å²) in [5.74, 6) is 0.305. The molecule has 1 aromatic carbocycles. The fraction of sp³-hybridized carbons (Fsp3) is 0.250.